The largest absolute Gasteiger partial charge is 0.503 e. The summed E-state index contributed by atoms with van der Waals surface area (Å²) in [7, 11) is 0. The number of amides is 1. The summed E-state index contributed by atoms with van der Waals surface area (Å²) in [5.74, 6) is -0.926. The molecule has 1 aliphatic rings. The lowest BCUT2D eigenvalue weighted by Gasteiger charge is -2.27. The lowest BCUT2D eigenvalue weighted by molar-refractivity contribution is -0.130. The summed E-state index contributed by atoms with van der Waals surface area (Å²) < 4.78 is 0. The van der Waals surface area contributed by atoms with Crippen LogP contribution in [0.3, 0.4) is 0 Å². The van der Waals surface area contributed by atoms with Gasteiger partial charge in [-0.3, -0.25) is 9.59 Å². The van der Waals surface area contributed by atoms with Crippen LogP contribution in [0.2, 0.25) is 0 Å². The minimum atomic E-state index is -0.565. The fourth-order valence-corrected chi connectivity index (χ4v) is 3.46. The summed E-state index contributed by atoms with van der Waals surface area (Å²) >= 11 is 0. The van der Waals surface area contributed by atoms with Gasteiger partial charge in [0.1, 0.15) is 0 Å². The van der Waals surface area contributed by atoms with Gasteiger partial charge in [-0.05, 0) is 24.0 Å². The average Bonchev–Trinajstić information content (AvgIpc) is 2.88. The maximum absolute atomic E-state index is 12.9. The lowest BCUT2D eigenvalue weighted by atomic mass is 9.91. The van der Waals surface area contributed by atoms with E-state index in [1.165, 1.54) is 0 Å². The molecule has 1 amide bonds. The number of carbonyl (C=O) groups excluding carboxylic acids is 2. The minimum absolute atomic E-state index is 0.148. The fourth-order valence-electron chi connectivity index (χ4n) is 3.46. The smallest absolute Gasteiger partial charge is 0.290 e. The van der Waals surface area contributed by atoms with Crippen LogP contribution in [0.4, 0.5) is 0 Å². The Bertz CT molecular complexity index is 866. The van der Waals surface area contributed by atoms with Crippen molar-refractivity contribution in [1.29, 1.82) is 0 Å². The highest BCUT2D eigenvalue weighted by Crippen LogP contribution is 2.39. The van der Waals surface area contributed by atoms with E-state index in [1.807, 2.05) is 75.4 Å². The number of aliphatic hydroxyl groups is 1. The third-order valence-electron chi connectivity index (χ3n) is 4.79. The van der Waals surface area contributed by atoms with Crippen LogP contribution in [0, 0.1) is 12.8 Å². The van der Waals surface area contributed by atoms with E-state index < -0.39 is 17.7 Å². The maximum Gasteiger partial charge on any atom is 0.290 e. The van der Waals surface area contributed by atoms with Crippen LogP contribution in [-0.4, -0.2) is 21.7 Å². The summed E-state index contributed by atoms with van der Waals surface area (Å²) in [5.41, 5.74) is 3.10. The molecule has 0 spiro atoms. The molecular formula is C23H25NO3. The molecule has 1 heterocycles. The van der Waals surface area contributed by atoms with Gasteiger partial charge in [-0.25, -0.2) is 0 Å². The van der Waals surface area contributed by atoms with Crippen molar-refractivity contribution in [3.8, 4) is 0 Å². The zero-order chi connectivity index (χ0) is 19.6. The molecule has 1 atom stereocenters. The monoisotopic (exact) mass is 363 g/mol. The molecule has 0 saturated heterocycles. The van der Waals surface area contributed by atoms with Crippen LogP contribution in [0.25, 0.3) is 0 Å². The van der Waals surface area contributed by atoms with Gasteiger partial charge in [-0.15, -0.1) is 0 Å². The molecule has 0 saturated carbocycles. The number of hydrogen-bond acceptors (Lipinski definition) is 3. The second-order valence-electron chi connectivity index (χ2n) is 7.52. The first-order valence-corrected chi connectivity index (χ1v) is 9.26. The Labute approximate surface area is 160 Å². The van der Waals surface area contributed by atoms with E-state index in [2.05, 4.69) is 0 Å². The molecular weight excluding hydrogens is 338 g/mol. The molecule has 0 aliphatic carbocycles. The molecule has 1 aliphatic heterocycles. The molecule has 4 heteroatoms. The van der Waals surface area contributed by atoms with Crippen molar-refractivity contribution < 1.29 is 14.7 Å². The quantitative estimate of drug-likeness (QED) is 0.822. The highest BCUT2D eigenvalue weighted by atomic mass is 16.3. The number of Topliss-reactive ketones (excluding diaryl/α,β-unsaturated/α-hetero) is 1. The van der Waals surface area contributed by atoms with Gasteiger partial charge in [-0.2, -0.15) is 0 Å². The van der Waals surface area contributed by atoms with E-state index >= 15 is 0 Å². The first-order chi connectivity index (χ1) is 12.9. The number of carbonyl (C=O) groups is 2. The summed E-state index contributed by atoms with van der Waals surface area (Å²) in [6.07, 6.45) is 0.300. The molecule has 4 nitrogen and oxygen atoms in total. The lowest BCUT2D eigenvalue weighted by Crippen LogP contribution is -2.30. The van der Waals surface area contributed by atoms with Gasteiger partial charge in [-0.1, -0.05) is 74.0 Å². The highest BCUT2D eigenvalue weighted by Gasteiger charge is 2.43. The van der Waals surface area contributed by atoms with Gasteiger partial charge < -0.3 is 10.0 Å². The van der Waals surface area contributed by atoms with Crippen LogP contribution >= 0.6 is 0 Å². The molecule has 0 fully saturated rings. The summed E-state index contributed by atoms with van der Waals surface area (Å²) in [6, 6.07) is 16.8. The second-order valence-corrected chi connectivity index (χ2v) is 7.52. The van der Waals surface area contributed by atoms with Crippen LogP contribution in [0.5, 0.6) is 0 Å². The van der Waals surface area contributed by atoms with Crippen LogP contribution in [0.1, 0.15) is 43.0 Å². The van der Waals surface area contributed by atoms with Gasteiger partial charge >= 0.3 is 0 Å². The summed E-state index contributed by atoms with van der Waals surface area (Å²) in [4.78, 5) is 27.3. The number of aryl methyl sites for hydroxylation is 1. The molecule has 1 unspecified atom stereocenters. The summed E-state index contributed by atoms with van der Waals surface area (Å²) in [6.45, 7) is 6.23. The van der Waals surface area contributed by atoms with Crippen molar-refractivity contribution >= 4 is 11.7 Å². The SMILES string of the molecule is Cc1ccc(C2C(C(=O)CC(C)C)=C(O)C(=O)N2Cc2ccccc2)cc1. The van der Waals surface area contributed by atoms with E-state index in [1.54, 1.807) is 4.90 Å². The number of nitrogens with zero attached hydrogens (tertiary/aromatic N) is 1. The van der Waals surface area contributed by atoms with E-state index in [9.17, 15) is 14.7 Å². The molecule has 1 N–H and O–H groups in total. The maximum atomic E-state index is 12.9. The van der Waals surface area contributed by atoms with Crippen LogP contribution in [-0.2, 0) is 16.1 Å². The highest BCUT2D eigenvalue weighted by molar-refractivity contribution is 6.09. The molecule has 0 aromatic heterocycles. The Morgan fingerprint density at radius 3 is 2.30 bits per heavy atom. The van der Waals surface area contributed by atoms with Crippen molar-refractivity contribution in [2.45, 2.75) is 39.8 Å². The number of aliphatic hydroxyl groups excluding tert-OH is 1. The average molecular weight is 363 g/mol. The molecule has 140 valence electrons. The van der Waals surface area contributed by atoms with E-state index in [0.29, 0.717) is 13.0 Å². The standard InChI is InChI=1S/C23H25NO3/c1-15(2)13-19(25)20-21(18-11-9-16(3)10-12-18)24(23(27)22(20)26)14-17-7-5-4-6-8-17/h4-12,15,21,26H,13-14H2,1-3H3. The molecule has 2 aromatic rings. The van der Waals surface area contributed by atoms with Crippen molar-refractivity contribution in [2.24, 2.45) is 5.92 Å². The zero-order valence-corrected chi connectivity index (χ0v) is 16.0. The fraction of sp³-hybridized carbons (Fsp3) is 0.304. The number of hydrogen-bond donors (Lipinski definition) is 1. The van der Waals surface area contributed by atoms with Crippen LogP contribution < -0.4 is 0 Å². The Balaban J connectivity index is 2.03. The van der Waals surface area contributed by atoms with Crippen molar-refractivity contribution in [2.75, 3.05) is 0 Å². The Kier molecular flexibility index (Phi) is 5.45. The zero-order valence-electron chi connectivity index (χ0n) is 16.0. The third kappa shape index (κ3) is 3.95. The van der Waals surface area contributed by atoms with E-state index in [-0.39, 0.29) is 17.3 Å². The number of benzene rings is 2. The van der Waals surface area contributed by atoms with Crippen molar-refractivity contribution in [3.63, 3.8) is 0 Å². The molecule has 27 heavy (non-hydrogen) atoms. The van der Waals surface area contributed by atoms with Gasteiger partial charge in [0.2, 0.25) is 0 Å². The van der Waals surface area contributed by atoms with E-state index in [0.717, 1.165) is 16.7 Å². The van der Waals surface area contributed by atoms with Gasteiger partial charge in [0, 0.05) is 13.0 Å². The van der Waals surface area contributed by atoms with Gasteiger partial charge in [0.25, 0.3) is 5.91 Å². The Morgan fingerprint density at radius 1 is 1.07 bits per heavy atom. The predicted octanol–water partition coefficient (Wildman–Crippen LogP) is 4.51. The normalized spacial score (nSPS) is 17.1. The van der Waals surface area contributed by atoms with Crippen molar-refractivity contribution in [1.82, 2.24) is 4.90 Å². The molecule has 2 aromatic carbocycles. The Morgan fingerprint density at radius 2 is 1.70 bits per heavy atom. The molecule has 3 rings (SSSR count). The first-order valence-electron chi connectivity index (χ1n) is 9.26. The molecule has 0 radical (unpaired) electrons. The van der Waals surface area contributed by atoms with Gasteiger partial charge in [0.15, 0.2) is 11.5 Å². The first kappa shape index (κ1) is 18.9. The Hall–Kier alpha value is -2.88. The number of rotatable bonds is 6. The summed E-state index contributed by atoms with van der Waals surface area (Å²) in [5, 5.41) is 10.5. The predicted molar refractivity (Wildman–Crippen MR) is 105 cm³/mol. The third-order valence-corrected chi connectivity index (χ3v) is 4.79. The van der Waals surface area contributed by atoms with Crippen LogP contribution in [0.15, 0.2) is 65.9 Å². The van der Waals surface area contributed by atoms with E-state index in [4.69, 9.17) is 0 Å². The molecule has 0 bridgehead atoms. The minimum Gasteiger partial charge on any atom is -0.503 e. The topological polar surface area (TPSA) is 57.6 Å². The van der Waals surface area contributed by atoms with Gasteiger partial charge in [0.05, 0.1) is 11.6 Å². The second kappa shape index (κ2) is 7.78. The van der Waals surface area contributed by atoms with Crippen molar-refractivity contribution in [3.05, 3.63) is 82.6 Å². The number of ketones is 1.